The van der Waals surface area contributed by atoms with Crippen LogP contribution in [0.1, 0.15) is 38.7 Å². The Kier molecular flexibility index (Phi) is 4.86. The van der Waals surface area contributed by atoms with Crippen molar-refractivity contribution in [2.24, 2.45) is 11.8 Å². The van der Waals surface area contributed by atoms with E-state index in [0.717, 1.165) is 23.9 Å². The van der Waals surface area contributed by atoms with Gasteiger partial charge in [-0.25, -0.2) is 8.42 Å². The Morgan fingerprint density at radius 1 is 1.15 bits per heavy atom. The van der Waals surface area contributed by atoms with E-state index in [2.05, 4.69) is 19.2 Å². The van der Waals surface area contributed by atoms with Crippen molar-refractivity contribution in [1.29, 1.82) is 0 Å². The fourth-order valence-corrected chi connectivity index (χ4v) is 3.55. The average molecular weight is 295 g/mol. The summed E-state index contributed by atoms with van der Waals surface area (Å²) in [6.45, 7) is 5.45. The third kappa shape index (κ3) is 4.06. The summed E-state index contributed by atoms with van der Waals surface area (Å²) in [6.07, 6.45) is 5.11. The van der Waals surface area contributed by atoms with Gasteiger partial charge in [0.25, 0.3) is 0 Å². The maximum atomic E-state index is 11.4. The molecule has 0 heterocycles. The Bertz CT molecular complexity index is 536. The number of sulfone groups is 1. The summed E-state index contributed by atoms with van der Waals surface area (Å²) in [5, 5.41) is 3.63. The lowest BCUT2D eigenvalue weighted by Gasteiger charge is -2.33. The second kappa shape index (κ2) is 6.27. The predicted molar refractivity (Wildman–Crippen MR) is 82.4 cm³/mol. The van der Waals surface area contributed by atoms with E-state index in [9.17, 15) is 8.42 Å². The van der Waals surface area contributed by atoms with Gasteiger partial charge >= 0.3 is 0 Å². The monoisotopic (exact) mass is 295 g/mol. The van der Waals surface area contributed by atoms with Gasteiger partial charge in [-0.2, -0.15) is 0 Å². The summed E-state index contributed by atoms with van der Waals surface area (Å²) in [7, 11) is -3.09. The first-order valence-electron chi connectivity index (χ1n) is 7.38. The minimum absolute atomic E-state index is 0.390. The van der Waals surface area contributed by atoms with Gasteiger partial charge in [0, 0.05) is 18.8 Å². The van der Waals surface area contributed by atoms with Crippen LogP contribution < -0.4 is 5.32 Å². The van der Waals surface area contributed by atoms with E-state index in [1.165, 1.54) is 25.5 Å². The highest BCUT2D eigenvalue weighted by molar-refractivity contribution is 7.90. The Morgan fingerprint density at radius 2 is 1.80 bits per heavy atom. The molecule has 4 heteroatoms. The molecule has 0 saturated heterocycles. The average Bonchev–Trinajstić information content (AvgIpc) is 2.39. The lowest BCUT2D eigenvalue weighted by atomic mass is 9.80. The molecule has 3 atom stereocenters. The highest BCUT2D eigenvalue weighted by atomic mass is 32.2. The normalized spacial score (nSPS) is 27.4. The van der Waals surface area contributed by atoms with E-state index in [1.807, 2.05) is 12.1 Å². The lowest BCUT2D eigenvalue weighted by molar-refractivity contribution is 0.227. The fraction of sp³-hybridized carbons (Fsp3) is 0.625. The van der Waals surface area contributed by atoms with E-state index in [1.54, 1.807) is 12.1 Å². The number of benzene rings is 1. The van der Waals surface area contributed by atoms with Crippen molar-refractivity contribution in [3.63, 3.8) is 0 Å². The van der Waals surface area contributed by atoms with E-state index in [0.29, 0.717) is 10.9 Å². The largest absolute Gasteiger partial charge is 0.310 e. The Balaban J connectivity index is 1.94. The van der Waals surface area contributed by atoms with Crippen LogP contribution in [0.5, 0.6) is 0 Å². The zero-order chi connectivity index (χ0) is 14.8. The van der Waals surface area contributed by atoms with Crippen molar-refractivity contribution in [2.75, 3.05) is 6.26 Å². The number of rotatable bonds is 4. The Hall–Kier alpha value is -0.870. The summed E-state index contributed by atoms with van der Waals surface area (Å²) in [4.78, 5) is 0.390. The molecule has 3 nitrogen and oxygen atoms in total. The van der Waals surface area contributed by atoms with Crippen LogP contribution in [0.15, 0.2) is 29.2 Å². The molecule has 1 N–H and O–H groups in total. The summed E-state index contributed by atoms with van der Waals surface area (Å²) in [6, 6.07) is 7.77. The minimum atomic E-state index is -3.09. The van der Waals surface area contributed by atoms with Gasteiger partial charge in [-0.05, 0) is 42.4 Å². The second-order valence-corrected chi connectivity index (χ2v) is 8.31. The van der Waals surface area contributed by atoms with Gasteiger partial charge in [0.2, 0.25) is 0 Å². The van der Waals surface area contributed by atoms with Crippen LogP contribution in [0.3, 0.4) is 0 Å². The minimum Gasteiger partial charge on any atom is -0.310 e. The van der Waals surface area contributed by atoms with Crippen LogP contribution >= 0.6 is 0 Å². The number of hydrogen-bond acceptors (Lipinski definition) is 3. The van der Waals surface area contributed by atoms with Crippen LogP contribution in [-0.2, 0) is 16.4 Å². The molecule has 0 radical (unpaired) electrons. The fourth-order valence-electron chi connectivity index (χ4n) is 2.92. The molecular weight excluding hydrogens is 270 g/mol. The molecule has 3 unspecified atom stereocenters. The maximum absolute atomic E-state index is 11.4. The molecule has 0 aliphatic heterocycles. The highest BCUT2D eigenvalue weighted by Gasteiger charge is 2.24. The molecule has 112 valence electrons. The van der Waals surface area contributed by atoms with Crippen LogP contribution in [0, 0.1) is 11.8 Å². The lowest BCUT2D eigenvalue weighted by Crippen LogP contribution is -2.39. The van der Waals surface area contributed by atoms with Crippen LogP contribution in [0.4, 0.5) is 0 Å². The zero-order valence-corrected chi connectivity index (χ0v) is 13.4. The van der Waals surface area contributed by atoms with Gasteiger partial charge in [0.05, 0.1) is 4.90 Å². The topological polar surface area (TPSA) is 46.2 Å². The zero-order valence-electron chi connectivity index (χ0n) is 12.6. The number of nitrogens with one attached hydrogen (secondary N) is 1. The Morgan fingerprint density at radius 3 is 2.40 bits per heavy atom. The van der Waals surface area contributed by atoms with Crippen molar-refractivity contribution in [3.05, 3.63) is 29.8 Å². The SMILES string of the molecule is CC1CCC(C)C(NCc2ccc(S(C)(=O)=O)cc2)C1. The summed E-state index contributed by atoms with van der Waals surface area (Å²) in [5.41, 5.74) is 1.14. The first-order chi connectivity index (χ1) is 9.36. The Labute approximate surface area is 122 Å². The molecule has 1 fully saturated rings. The van der Waals surface area contributed by atoms with Gasteiger partial charge in [-0.1, -0.05) is 32.4 Å². The summed E-state index contributed by atoms with van der Waals surface area (Å²) >= 11 is 0. The molecule has 0 bridgehead atoms. The highest BCUT2D eigenvalue weighted by Crippen LogP contribution is 2.28. The van der Waals surface area contributed by atoms with Crippen molar-refractivity contribution >= 4 is 9.84 Å². The van der Waals surface area contributed by atoms with Gasteiger partial charge in [-0.3, -0.25) is 0 Å². The van der Waals surface area contributed by atoms with Crippen LogP contribution in [0.2, 0.25) is 0 Å². The molecule has 1 aromatic rings. The quantitative estimate of drug-likeness (QED) is 0.929. The molecule has 1 saturated carbocycles. The predicted octanol–water partition coefficient (Wildman–Crippen LogP) is 3.00. The first kappa shape index (κ1) is 15.5. The summed E-state index contributed by atoms with van der Waals surface area (Å²) < 4.78 is 22.8. The second-order valence-electron chi connectivity index (χ2n) is 6.30. The van der Waals surface area contributed by atoms with Crippen LogP contribution in [-0.4, -0.2) is 20.7 Å². The van der Waals surface area contributed by atoms with E-state index >= 15 is 0 Å². The molecular formula is C16H25NO2S. The van der Waals surface area contributed by atoms with Gasteiger partial charge in [0.1, 0.15) is 0 Å². The van der Waals surface area contributed by atoms with Gasteiger partial charge in [0.15, 0.2) is 9.84 Å². The van der Waals surface area contributed by atoms with Crippen LogP contribution in [0.25, 0.3) is 0 Å². The van der Waals surface area contributed by atoms with E-state index in [-0.39, 0.29) is 0 Å². The first-order valence-corrected chi connectivity index (χ1v) is 9.28. The smallest absolute Gasteiger partial charge is 0.175 e. The number of hydrogen-bond donors (Lipinski definition) is 1. The molecule has 1 aromatic carbocycles. The molecule has 1 aliphatic carbocycles. The standard InChI is InChI=1S/C16H25NO2S/c1-12-4-5-13(2)16(10-12)17-11-14-6-8-15(9-7-14)20(3,18)19/h6-9,12-13,16-17H,4-5,10-11H2,1-3H3. The third-order valence-corrected chi connectivity index (χ3v) is 5.51. The van der Waals surface area contributed by atoms with Crippen molar-refractivity contribution in [2.45, 2.75) is 50.6 Å². The summed E-state index contributed by atoms with van der Waals surface area (Å²) in [5.74, 6) is 1.53. The molecule has 1 aliphatic rings. The van der Waals surface area contributed by atoms with Crippen molar-refractivity contribution in [3.8, 4) is 0 Å². The molecule has 0 amide bonds. The van der Waals surface area contributed by atoms with Gasteiger partial charge in [-0.15, -0.1) is 0 Å². The van der Waals surface area contributed by atoms with E-state index < -0.39 is 9.84 Å². The molecule has 20 heavy (non-hydrogen) atoms. The maximum Gasteiger partial charge on any atom is 0.175 e. The molecule has 0 aromatic heterocycles. The third-order valence-electron chi connectivity index (χ3n) is 4.38. The van der Waals surface area contributed by atoms with E-state index in [4.69, 9.17) is 0 Å². The van der Waals surface area contributed by atoms with Crippen molar-refractivity contribution in [1.82, 2.24) is 5.32 Å². The molecule has 2 rings (SSSR count). The van der Waals surface area contributed by atoms with Crippen molar-refractivity contribution < 1.29 is 8.42 Å². The van der Waals surface area contributed by atoms with Gasteiger partial charge < -0.3 is 5.32 Å². The molecule has 0 spiro atoms.